The van der Waals surface area contributed by atoms with Gasteiger partial charge in [0.15, 0.2) is 0 Å². The Balaban J connectivity index is 2.40. The fourth-order valence-electron chi connectivity index (χ4n) is 1.58. The maximum atomic E-state index is 10.4. The molecule has 1 fully saturated rings. The van der Waals surface area contributed by atoms with Gasteiger partial charge >= 0.3 is 0 Å². The van der Waals surface area contributed by atoms with Crippen LogP contribution in [0.2, 0.25) is 5.82 Å². The third-order valence-corrected chi connectivity index (χ3v) is 2.28. The molecule has 0 bridgehead atoms. The summed E-state index contributed by atoms with van der Waals surface area (Å²) in [6.45, 7) is 2.00. The average molecular weight is 126 g/mol. The second-order valence-electron chi connectivity index (χ2n) is 2.94. The lowest BCUT2D eigenvalue weighted by Crippen LogP contribution is -2.49. The molecular weight excluding hydrogens is 115 g/mol. The van der Waals surface area contributed by atoms with Gasteiger partial charge in [0.2, 0.25) is 0 Å². The van der Waals surface area contributed by atoms with Crippen molar-refractivity contribution in [1.82, 2.24) is 0 Å². The van der Waals surface area contributed by atoms with Gasteiger partial charge in [-0.1, -0.05) is 32.1 Å². The second kappa shape index (κ2) is 2.71. The fourth-order valence-corrected chi connectivity index (χ4v) is 1.58. The van der Waals surface area contributed by atoms with E-state index < -0.39 is 7.12 Å². The van der Waals surface area contributed by atoms with Crippen molar-refractivity contribution >= 4 is 7.12 Å². The standard InChI is InChI=1S/C6H11BO2/c1-5-3-2-4-6(5)7(8)9/h5-6H,2-4H2,1H3/q-2. The summed E-state index contributed by atoms with van der Waals surface area (Å²) in [5, 5.41) is 20.8. The lowest BCUT2D eigenvalue weighted by Gasteiger charge is -2.36. The van der Waals surface area contributed by atoms with Crippen LogP contribution in [-0.2, 0) is 0 Å². The van der Waals surface area contributed by atoms with Crippen molar-refractivity contribution in [3.05, 3.63) is 0 Å². The first-order valence-corrected chi connectivity index (χ1v) is 3.53. The normalized spacial score (nSPS) is 35.0. The fraction of sp³-hybridized carbons (Fsp3) is 1.00. The molecule has 0 aromatic carbocycles. The zero-order valence-electron chi connectivity index (χ0n) is 5.67. The van der Waals surface area contributed by atoms with Crippen molar-refractivity contribution in [1.29, 1.82) is 0 Å². The van der Waals surface area contributed by atoms with E-state index >= 15 is 0 Å². The zero-order chi connectivity index (χ0) is 6.85. The van der Waals surface area contributed by atoms with E-state index in [0.717, 1.165) is 19.3 Å². The third-order valence-electron chi connectivity index (χ3n) is 2.28. The summed E-state index contributed by atoms with van der Waals surface area (Å²) in [4.78, 5) is 0. The lowest BCUT2D eigenvalue weighted by atomic mass is 9.68. The summed E-state index contributed by atoms with van der Waals surface area (Å²) in [5.74, 6) is 0.301. The summed E-state index contributed by atoms with van der Waals surface area (Å²) >= 11 is 0. The van der Waals surface area contributed by atoms with Crippen LogP contribution in [-0.4, -0.2) is 7.12 Å². The molecule has 0 N–H and O–H groups in total. The molecule has 3 heteroatoms. The molecular formula is C6H11BO2-2. The van der Waals surface area contributed by atoms with Crippen molar-refractivity contribution in [2.45, 2.75) is 32.0 Å². The molecule has 2 atom stereocenters. The Kier molecular flexibility index (Phi) is 2.14. The van der Waals surface area contributed by atoms with Gasteiger partial charge in [-0.3, -0.25) is 0 Å². The molecule has 2 unspecified atom stereocenters. The highest BCUT2D eigenvalue weighted by Crippen LogP contribution is 2.35. The first-order valence-electron chi connectivity index (χ1n) is 3.53. The third kappa shape index (κ3) is 1.46. The molecule has 0 aromatic heterocycles. The van der Waals surface area contributed by atoms with Gasteiger partial charge in [-0.05, 0) is 0 Å². The van der Waals surface area contributed by atoms with E-state index in [4.69, 9.17) is 0 Å². The van der Waals surface area contributed by atoms with Crippen LogP contribution in [0.3, 0.4) is 0 Å². The van der Waals surface area contributed by atoms with Gasteiger partial charge in [0, 0.05) is 0 Å². The molecule has 1 saturated carbocycles. The van der Waals surface area contributed by atoms with Crippen molar-refractivity contribution < 1.29 is 10.0 Å². The lowest BCUT2D eigenvalue weighted by molar-refractivity contribution is -0.353. The van der Waals surface area contributed by atoms with E-state index in [2.05, 4.69) is 0 Å². The molecule has 1 aliphatic carbocycles. The molecule has 0 spiro atoms. The van der Waals surface area contributed by atoms with Gasteiger partial charge in [-0.2, -0.15) is 0 Å². The Morgan fingerprint density at radius 2 is 2.00 bits per heavy atom. The minimum absolute atomic E-state index is 0.0787. The Morgan fingerprint density at radius 3 is 2.22 bits per heavy atom. The zero-order valence-corrected chi connectivity index (χ0v) is 5.67. The first-order chi connectivity index (χ1) is 4.22. The minimum Gasteiger partial charge on any atom is -0.893 e. The van der Waals surface area contributed by atoms with Crippen molar-refractivity contribution in [2.24, 2.45) is 5.92 Å². The topological polar surface area (TPSA) is 46.1 Å². The SMILES string of the molecule is CC1CCCC1B([O-])[O-]. The molecule has 1 rings (SSSR count). The molecule has 0 saturated heterocycles. The minimum atomic E-state index is -1.58. The van der Waals surface area contributed by atoms with Crippen LogP contribution in [0.25, 0.3) is 0 Å². The Bertz CT molecular complexity index is 95.1. The molecule has 0 amide bonds. The van der Waals surface area contributed by atoms with Crippen LogP contribution >= 0.6 is 0 Å². The van der Waals surface area contributed by atoms with Gasteiger partial charge in [0.25, 0.3) is 0 Å². The maximum Gasteiger partial charge on any atom is -0.0512 e. The quantitative estimate of drug-likeness (QED) is 0.439. The van der Waals surface area contributed by atoms with Crippen molar-refractivity contribution in [2.75, 3.05) is 0 Å². The van der Waals surface area contributed by atoms with Gasteiger partial charge < -0.3 is 10.0 Å². The number of rotatable bonds is 1. The Morgan fingerprint density at radius 1 is 1.33 bits per heavy atom. The first kappa shape index (κ1) is 7.10. The monoisotopic (exact) mass is 126 g/mol. The molecule has 0 aromatic rings. The Hall–Kier alpha value is -0.0151. The van der Waals surface area contributed by atoms with Gasteiger partial charge in [-0.15, -0.1) is 12.9 Å². The van der Waals surface area contributed by atoms with Crippen LogP contribution in [0.15, 0.2) is 0 Å². The average Bonchev–Trinajstić information content (AvgIpc) is 2.13. The van der Waals surface area contributed by atoms with Gasteiger partial charge in [-0.25, -0.2) is 0 Å². The van der Waals surface area contributed by atoms with E-state index in [1.165, 1.54) is 0 Å². The van der Waals surface area contributed by atoms with Crippen LogP contribution in [0.4, 0.5) is 0 Å². The van der Waals surface area contributed by atoms with Crippen LogP contribution in [0.5, 0.6) is 0 Å². The smallest absolute Gasteiger partial charge is 0.0512 e. The van der Waals surface area contributed by atoms with Crippen LogP contribution < -0.4 is 10.0 Å². The van der Waals surface area contributed by atoms with E-state index in [1.807, 2.05) is 6.92 Å². The van der Waals surface area contributed by atoms with E-state index in [9.17, 15) is 10.0 Å². The van der Waals surface area contributed by atoms with Gasteiger partial charge in [0.05, 0.1) is 0 Å². The molecule has 52 valence electrons. The highest BCUT2D eigenvalue weighted by molar-refractivity contribution is 6.39. The van der Waals surface area contributed by atoms with E-state index in [1.54, 1.807) is 0 Å². The van der Waals surface area contributed by atoms with Crippen LogP contribution in [0, 0.1) is 5.92 Å². The molecule has 1 aliphatic rings. The van der Waals surface area contributed by atoms with Crippen molar-refractivity contribution in [3.8, 4) is 0 Å². The van der Waals surface area contributed by atoms with Gasteiger partial charge in [0.1, 0.15) is 0 Å². The highest BCUT2D eigenvalue weighted by atomic mass is 16.4. The molecule has 9 heavy (non-hydrogen) atoms. The molecule has 0 aliphatic heterocycles. The molecule has 0 heterocycles. The predicted molar refractivity (Wildman–Crippen MR) is 32.5 cm³/mol. The van der Waals surface area contributed by atoms with E-state index in [0.29, 0.717) is 5.92 Å². The summed E-state index contributed by atoms with van der Waals surface area (Å²) in [7, 11) is -1.58. The largest absolute Gasteiger partial charge is 0.893 e. The highest BCUT2D eigenvalue weighted by Gasteiger charge is 2.19. The maximum absolute atomic E-state index is 10.4. The summed E-state index contributed by atoms with van der Waals surface area (Å²) in [6, 6.07) is 0. The van der Waals surface area contributed by atoms with E-state index in [-0.39, 0.29) is 5.82 Å². The van der Waals surface area contributed by atoms with Crippen molar-refractivity contribution in [3.63, 3.8) is 0 Å². The Labute approximate surface area is 56.0 Å². The summed E-state index contributed by atoms with van der Waals surface area (Å²) < 4.78 is 0. The second-order valence-corrected chi connectivity index (χ2v) is 2.94. The number of hydrogen-bond acceptors (Lipinski definition) is 2. The number of hydrogen-bond donors (Lipinski definition) is 0. The molecule has 0 radical (unpaired) electrons. The summed E-state index contributed by atoms with van der Waals surface area (Å²) in [6.07, 6.45) is 3.01. The summed E-state index contributed by atoms with van der Waals surface area (Å²) in [5.41, 5.74) is 0. The predicted octanol–water partition coefficient (Wildman–Crippen LogP) is -0.615. The van der Waals surface area contributed by atoms with Crippen LogP contribution in [0.1, 0.15) is 26.2 Å². The molecule has 2 nitrogen and oxygen atoms in total.